The van der Waals surface area contributed by atoms with Crippen LogP contribution in [0.4, 0.5) is 0 Å². The summed E-state index contributed by atoms with van der Waals surface area (Å²) in [5, 5.41) is 2.78. The number of rotatable bonds is 6. The van der Waals surface area contributed by atoms with Crippen molar-refractivity contribution in [3.8, 4) is 11.5 Å². The molecule has 4 N–H and O–H groups in total. The lowest BCUT2D eigenvalue weighted by Crippen LogP contribution is -2.25. The Balaban J connectivity index is 1.59. The van der Waals surface area contributed by atoms with Crippen molar-refractivity contribution in [3.05, 3.63) is 65.3 Å². The van der Waals surface area contributed by atoms with Crippen LogP contribution < -0.4 is 11.1 Å². The molecule has 0 atom stereocenters. The van der Waals surface area contributed by atoms with Crippen LogP contribution in [0.2, 0.25) is 0 Å². The lowest BCUT2D eigenvalue weighted by Gasteiger charge is -2.02. The maximum absolute atomic E-state index is 12.1. The average molecular weight is 338 g/mol. The topological polar surface area (TPSA) is 114 Å². The fourth-order valence-corrected chi connectivity index (χ4v) is 2.43. The van der Waals surface area contributed by atoms with Gasteiger partial charge in [-0.25, -0.2) is 4.98 Å². The van der Waals surface area contributed by atoms with E-state index in [0.717, 1.165) is 17.0 Å². The summed E-state index contributed by atoms with van der Waals surface area (Å²) in [4.78, 5) is 30.2. The fraction of sp³-hybridized carbons (Fsp3) is 0.167. The second-order valence-electron chi connectivity index (χ2n) is 5.56. The molecule has 3 rings (SSSR count). The van der Waals surface area contributed by atoms with Gasteiger partial charge >= 0.3 is 0 Å². The number of nitrogens with two attached hydrogens (primary N) is 1. The molecule has 2 heterocycles. The number of oxazole rings is 1. The molecule has 0 aliphatic heterocycles. The molecule has 3 aromatic rings. The number of benzene rings is 1. The summed E-state index contributed by atoms with van der Waals surface area (Å²) in [6.45, 7) is 2.25. The smallest absolute Gasteiger partial charge is 0.265 e. The number of H-pyrrole nitrogens is 1. The van der Waals surface area contributed by atoms with Crippen molar-refractivity contribution in [2.75, 3.05) is 6.54 Å². The molecule has 0 saturated carbocycles. The first-order chi connectivity index (χ1) is 12.0. The van der Waals surface area contributed by atoms with Crippen molar-refractivity contribution in [3.63, 3.8) is 0 Å². The number of nitrogens with zero attached hydrogens (tertiary/aromatic N) is 1. The molecule has 0 saturated heterocycles. The molecular weight excluding hydrogens is 320 g/mol. The van der Waals surface area contributed by atoms with Crippen molar-refractivity contribution in [2.45, 2.75) is 13.3 Å². The number of hydrogen-bond acceptors (Lipinski definition) is 4. The zero-order chi connectivity index (χ0) is 17.8. The van der Waals surface area contributed by atoms with Gasteiger partial charge in [-0.2, -0.15) is 0 Å². The van der Waals surface area contributed by atoms with Crippen LogP contribution >= 0.6 is 0 Å². The third-order valence-electron chi connectivity index (χ3n) is 3.77. The van der Waals surface area contributed by atoms with E-state index in [2.05, 4.69) is 15.3 Å². The number of nitrogens with one attached hydrogen (secondary N) is 2. The lowest BCUT2D eigenvalue weighted by molar-refractivity contribution is 0.0953. The van der Waals surface area contributed by atoms with E-state index >= 15 is 0 Å². The predicted octanol–water partition coefficient (Wildman–Crippen LogP) is 2.05. The molecule has 7 heteroatoms. The first-order valence-corrected chi connectivity index (χ1v) is 7.82. The summed E-state index contributed by atoms with van der Waals surface area (Å²) in [5.41, 5.74) is 7.41. The standard InChI is InChI=1S/C18H18N4O3/c1-11-14(22-18(25-11)12-5-3-2-4-6-12)7-8-20-17(24)13-9-15(16(19)23)21-10-13/h2-6,9-10,21H,7-8H2,1H3,(H2,19,23)(H,20,24). The minimum absolute atomic E-state index is 0.199. The van der Waals surface area contributed by atoms with Crippen molar-refractivity contribution >= 4 is 11.8 Å². The van der Waals surface area contributed by atoms with E-state index in [9.17, 15) is 9.59 Å². The Morgan fingerprint density at radius 1 is 1.28 bits per heavy atom. The molecule has 2 amide bonds. The highest BCUT2D eigenvalue weighted by Gasteiger charge is 2.13. The molecule has 2 aromatic heterocycles. The Bertz CT molecular complexity index is 896. The van der Waals surface area contributed by atoms with E-state index in [0.29, 0.717) is 24.4 Å². The molecule has 0 spiro atoms. The molecule has 25 heavy (non-hydrogen) atoms. The van der Waals surface area contributed by atoms with Gasteiger partial charge in [-0.3, -0.25) is 9.59 Å². The SMILES string of the molecule is Cc1oc(-c2ccccc2)nc1CCNC(=O)c1c[nH]c(C(N)=O)c1. The number of carbonyl (C=O) groups is 2. The summed E-state index contributed by atoms with van der Waals surface area (Å²) in [6.07, 6.45) is 1.99. The van der Waals surface area contributed by atoms with Crippen LogP contribution in [0.15, 0.2) is 47.0 Å². The number of aromatic amines is 1. The molecular formula is C18H18N4O3. The Hall–Kier alpha value is -3.35. The number of primary amides is 1. The average Bonchev–Trinajstić information content (AvgIpc) is 3.23. The summed E-state index contributed by atoms with van der Waals surface area (Å²) >= 11 is 0. The van der Waals surface area contributed by atoms with Crippen molar-refractivity contribution in [2.24, 2.45) is 5.73 Å². The van der Waals surface area contributed by atoms with Gasteiger partial charge in [0.2, 0.25) is 5.89 Å². The Morgan fingerprint density at radius 2 is 2.04 bits per heavy atom. The highest BCUT2D eigenvalue weighted by molar-refractivity contribution is 5.98. The van der Waals surface area contributed by atoms with Gasteiger partial charge in [0.15, 0.2) is 0 Å². The maximum Gasteiger partial charge on any atom is 0.265 e. The third kappa shape index (κ3) is 3.77. The number of carbonyl (C=O) groups excluding carboxylic acids is 2. The van der Waals surface area contributed by atoms with Crippen LogP contribution in [0.25, 0.3) is 11.5 Å². The quantitative estimate of drug-likeness (QED) is 0.638. The summed E-state index contributed by atoms with van der Waals surface area (Å²) < 4.78 is 5.69. The molecule has 0 unspecified atom stereocenters. The number of amides is 2. The number of aromatic nitrogens is 2. The van der Waals surface area contributed by atoms with Gasteiger partial charge in [-0.1, -0.05) is 18.2 Å². The van der Waals surface area contributed by atoms with Crippen molar-refractivity contribution < 1.29 is 14.0 Å². The zero-order valence-corrected chi connectivity index (χ0v) is 13.7. The van der Waals surface area contributed by atoms with Gasteiger partial charge in [-0.15, -0.1) is 0 Å². The van der Waals surface area contributed by atoms with Crippen LogP contribution in [0.1, 0.15) is 32.3 Å². The first kappa shape index (κ1) is 16.5. The van der Waals surface area contributed by atoms with E-state index in [1.165, 1.54) is 12.3 Å². The molecule has 128 valence electrons. The van der Waals surface area contributed by atoms with E-state index < -0.39 is 5.91 Å². The van der Waals surface area contributed by atoms with Crippen LogP contribution in [0.5, 0.6) is 0 Å². The highest BCUT2D eigenvalue weighted by atomic mass is 16.4. The summed E-state index contributed by atoms with van der Waals surface area (Å²) in [7, 11) is 0. The summed E-state index contributed by atoms with van der Waals surface area (Å²) in [6, 6.07) is 11.1. The molecule has 0 bridgehead atoms. The first-order valence-electron chi connectivity index (χ1n) is 7.82. The molecule has 0 fully saturated rings. The van der Waals surface area contributed by atoms with Gasteiger partial charge in [0.1, 0.15) is 11.5 Å². The third-order valence-corrected chi connectivity index (χ3v) is 3.77. The second-order valence-corrected chi connectivity index (χ2v) is 5.56. The van der Waals surface area contributed by atoms with Gasteiger partial charge in [-0.05, 0) is 25.1 Å². The van der Waals surface area contributed by atoms with Gasteiger partial charge in [0, 0.05) is 24.7 Å². The minimum Gasteiger partial charge on any atom is -0.441 e. The van der Waals surface area contributed by atoms with Crippen molar-refractivity contribution in [1.82, 2.24) is 15.3 Å². The molecule has 0 aliphatic rings. The molecule has 7 nitrogen and oxygen atoms in total. The van der Waals surface area contributed by atoms with E-state index in [-0.39, 0.29) is 11.6 Å². The number of hydrogen-bond donors (Lipinski definition) is 3. The monoisotopic (exact) mass is 338 g/mol. The maximum atomic E-state index is 12.1. The normalized spacial score (nSPS) is 10.6. The Morgan fingerprint density at radius 3 is 2.72 bits per heavy atom. The summed E-state index contributed by atoms with van der Waals surface area (Å²) in [5.74, 6) is 0.404. The van der Waals surface area contributed by atoms with E-state index in [1.54, 1.807) is 0 Å². The lowest BCUT2D eigenvalue weighted by atomic mass is 10.2. The van der Waals surface area contributed by atoms with Gasteiger partial charge in [0.25, 0.3) is 11.8 Å². The molecule has 1 aromatic carbocycles. The minimum atomic E-state index is -0.606. The fourth-order valence-electron chi connectivity index (χ4n) is 2.43. The Labute approximate surface area is 144 Å². The van der Waals surface area contributed by atoms with Crippen LogP contribution in [0.3, 0.4) is 0 Å². The zero-order valence-electron chi connectivity index (χ0n) is 13.7. The van der Waals surface area contributed by atoms with E-state index in [4.69, 9.17) is 10.2 Å². The van der Waals surface area contributed by atoms with Gasteiger partial charge in [0.05, 0.1) is 11.3 Å². The van der Waals surface area contributed by atoms with Crippen molar-refractivity contribution in [1.29, 1.82) is 0 Å². The molecule has 0 aliphatic carbocycles. The van der Waals surface area contributed by atoms with Gasteiger partial charge < -0.3 is 20.5 Å². The largest absolute Gasteiger partial charge is 0.441 e. The molecule has 0 radical (unpaired) electrons. The van der Waals surface area contributed by atoms with Crippen LogP contribution in [0, 0.1) is 6.92 Å². The number of aryl methyl sites for hydroxylation is 1. The second kappa shape index (κ2) is 7.04. The Kier molecular flexibility index (Phi) is 4.65. The predicted molar refractivity (Wildman–Crippen MR) is 92.0 cm³/mol. The van der Waals surface area contributed by atoms with E-state index in [1.807, 2.05) is 37.3 Å². The van der Waals surface area contributed by atoms with Crippen LogP contribution in [-0.2, 0) is 6.42 Å². The van der Waals surface area contributed by atoms with Crippen LogP contribution in [-0.4, -0.2) is 28.3 Å². The highest BCUT2D eigenvalue weighted by Crippen LogP contribution is 2.21.